The smallest absolute Gasteiger partial charge is 0.223 e. The summed E-state index contributed by atoms with van der Waals surface area (Å²) in [6, 6.07) is 12.5. The van der Waals surface area contributed by atoms with Gasteiger partial charge in [0.2, 0.25) is 15.9 Å². The number of carbonyl (C=O) groups excluding carboxylic acids is 1. The number of amides is 1. The minimum Gasteiger partial charge on any atom is -0.356 e. The van der Waals surface area contributed by atoms with Gasteiger partial charge in [-0.05, 0) is 61.1 Å². The Bertz CT molecular complexity index is 1010. The average Bonchev–Trinajstić information content (AvgIpc) is 2.74. The number of nitrogens with zero attached hydrogens (tertiary/aromatic N) is 1. The van der Waals surface area contributed by atoms with Crippen molar-refractivity contribution in [2.24, 2.45) is 5.92 Å². The maximum atomic E-state index is 12.8. The van der Waals surface area contributed by atoms with Crippen LogP contribution in [-0.4, -0.2) is 38.3 Å². The Hall–Kier alpha value is -1.31. The van der Waals surface area contributed by atoms with Gasteiger partial charge in [-0.1, -0.05) is 53.0 Å². The van der Waals surface area contributed by atoms with E-state index in [1.807, 2.05) is 24.3 Å². The zero-order valence-corrected chi connectivity index (χ0v) is 20.1. The Balaban J connectivity index is 1.42. The third kappa shape index (κ3) is 7.09. The standard InChI is InChI=1S/C22H25Cl3N2O3S/c23-19-6-3-16(4-7-19)2-1-11-26-22(28)17-9-12-27(13-10-17)31(29,30)15-18-5-8-20(24)14-21(18)25/h3-8,14,17H,1-2,9-13,15H2,(H,26,28). The van der Waals surface area contributed by atoms with Gasteiger partial charge in [-0.3, -0.25) is 4.79 Å². The predicted octanol–water partition coefficient (Wildman–Crippen LogP) is 4.94. The van der Waals surface area contributed by atoms with Gasteiger partial charge >= 0.3 is 0 Å². The molecule has 1 heterocycles. The van der Waals surface area contributed by atoms with Crippen LogP contribution in [0.1, 0.15) is 30.4 Å². The largest absolute Gasteiger partial charge is 0.356 e. The average molecular weight is 504 g/mol. The molecule has 0 spiro atoms. The van der Waals surface area contributed by atoms with Crippen molar-refractivity contribution < 1.29 is 13.2 Å². The summed E-state index contributed by atoms with van der Waals surface area (Å²) in [7, 11) is -3.51. The molecule has 0 bridgehead atoms. The van der Waals surface area contributed by atoms with E-state index in [1.54, 1.807) is 12.1 Å². The van der Waals surface area contributed by atoms with Crippen LogP contribution in [0.15, 0.2) is 42.5 Å². The number of rotatable bonds is 8. The molecule has 5 nitrogen and oxygen atoms in total. The van der Waals surface area contributed by atoms with Crippen LogP contribution in [0.2, 0.25) is 15.1 Å². The number of hydrogen-bond donors (Lipinski definition) is 1. The van der Waals surface area contributed by atoms with Gasteiger partial charge < -0.3 is 5.32 Å². The van der Waals surface area contributed by atoms with Crippen molar-refractivity contribution in [3.63, 3.8) is 0 Å². The van der Waals surface area contributed by atoms with Crippen LogP contribution in [0.3, 0.4) is 0 Å². The normalized spacial score (nSPS) is 15.7. The molecule has 1 fully saturated rings. The van der Waals surface area contributed by atoms with Crippen LogP contribution >= 0.6 is 34.8 Å². The van der Waals surface area contributed by atoms with Crippen molar-refractivity contribution in [1.29, 1.82) is 0 Å². The molecule has 3 rings (SSSR count). The van der Waals surface area contributed by atoms with Crippen molar-refractivity contribution in [3.8, 4) is 0 Å². The summed E-state index contributed by atoms with van der Waals surface area (Å²) in [6.45, 7) is 1.25. The third-order valence-corrected chi connectivity index (χ3v) is 8.09. The fourth-order valence-corrected chi connectivity index (χ4v) is 5.90. The van der Waals surface area contributed by atoms with E-state index in [1.165, 1.54) is 15.9 Å². The fourth-order valence-electron chi connectivity index (χ4n) is 3.62. The van der Waals surface area contributed by atoms with Gasteiger partial charge in [0.05, 0.1) is 5.75 Å². The lowest BCUT2D eigenvalue weighted by molar-refractivity contribution is -0.126. The first-order valence-electron chi connectivity index (χ1n) is 10.2. The van der Waals surface area contributed by atoms with Crippen LogP contribution < -0.4 is 5.32 Å². The summed E-state index contributed by atoms with van der Waals surface area (Å²) in [5.41, 5.74) is 1.70. The summed E-state index contributed by atoms with van der Waals surface area (Å²) < 4.78 is 27.0. The van der Waals surface area contributed by atoms with E-state index in [0.29, 0.717) is 53.1 Å². The molecule has 2 aromatic carbocycles. The molecule has 9 heteroatoms. The second-order valence-electron chi connectivity index (χ2n) is 7.69. The molecule has 0 atom stereocenters. The second-order valence-corrected chi connectivity index (χ2v) is 10.9. The first kappa shape index (κ1) is 24.3. The number of carbonyl (C=O) groups is 1. The summed E-state index contributed by atoms with van der Waals surface area (Å²) >= 11 is 17.9. The molecule has 2 aromatic rings. The quantitative estimate of drug-likeness (QED) is 0.519. The van der Waals surface area contributed by atoms with Gasteiger partial charge in [0.25, 0.3) is 0 Å². The minimum absolute atomic E-state index is 0.00565. The number of hydrogen-bond acceptors (Lipinski definition) is 3. The zero-order chi connectivity index (χ0) is 22.4. The van der Waals surface area contributed by atoms with Crippen molar-refractivity contribution in [2.75, 3.05) is 19.6 Å². The van der Waals surface area contributed by atoms with Crippen molar-refractivity contribution in [1.82, 2.24) is 9.62 Å². The number of nitrogens with one attached hydrogen (secondary N) is 1. The van der Waals surface area contributed by atoms with E-state index in [2.05, 4.69) is 5.32 Å². The Morgan fingerprint density at radius 2 is 1.65 bits per heavy atom. The molecule has 1 amide bonds. The highest BCUT2D eigenvalue weighted by Crippen LogP contribution is 2.26. The van der Waals surface area contributed by atoms with Crippen LogP contribution in [0.5, 0.6) is 0 Å². The number of piperidine rings is 1. The van der Waals surface area contributed by atoms with E-state index in [9.17, 15) is 13.2 Å². The summed E-state index contributed by atoms with van der Waals surface area (Å²) in [6.07, 6.45) is 2.72. The first-order valence-corrected chi connectivity index (χ1v) is 12.9. The Kier molecular flexibility index (Phi) is 8.65. The van der Waals surface area contributed by atoms with E-state index in [-0.39, 0.29) is 17.6 Å². The summed E-state index contributed by atoms with van der Waals surface area (Å²) in [5, 5.41) is 4.49. The Morgan fingerprint density at radius 1 is 1.00 bits per heavy atom. The number of aryl methyl sites for hydroxylation is 1. The molecule has 0 radical (unpaired) electrons. The van der Waals surface area contributed by atoms with Gasteiger partial charge in [-0.15, -0.1) is 0 Å². The highest BCUT2D eigenvalue weighted by Gasteiger charge is 2.31. The lowest BCUT2D eigenvalue weighted by Gasteiger charge is -2.30. The summed E-state index contributed by atoms with van der Waals surface area (Å²) in [4.78, 5) is 12.5. The zero-order valence-electron chi connectivity index (χ0n) is 17.0. The number of halogens is 3. The van der Waals surface area contributed by atoms with Gasteiger partial charge in [0.1, 0.15) is 0 Å². The molecular weight excluding hydrogens is 479 g/mol. The SMILES string of the molecule is O=C(NCCCc1ccc(Cl)cc1)C1CCN(S(=O)(=O)Cc2ccc(Cl)cc2Cl)CC1. The van der Waals surface area contributed by atoms with Crippen LogP contribution in [-0.2, 0) is 27.0 Å². The molecule has 0 saturated carbocycles. The maximum Gasteiger partial charge on any atom is 0.223 e. The highest BCUT2D eigenvalue weighted by molar-refractivity contribution is 7.88. The second kappa shape index (κ2) is 11.0. The lowest BCUT2D eigenvalue weighted by atomic mass is 9.97. The van der Waals surface area contributed by atoms with E-state index >= 15 is 0 Å². The van der Waals surface area contributed by atoms with Gasteiger partial charge in [0.15, 0.2) is 0 Å². The number of benzene rings is 2. The Morgan fingerprint density at radius 3 is 2.29 bits per heavy atom. The summed E-state index contributed by atoms with van der Waals surface area (Å²) in [5.74, 6) is -0.347. The third-order valence-electron chi connectivity index (χ3n) is 5.43. The van der Waals surface area contributed by atoms with Gasteiger partial charge in [-0.2, -0.15) is 0 Å². The maximum absolute atomic E-state index is 12.8. The van der Waals surface area contributed by atoms with Crippen molar-refractivity contribution in [3.05, 3.63) is 68.7 Å². The predicted molar refractivity (Wildman–Crippen MR) is 126 cm³/mol. The molecule has 1 saturated heterocycles. The first-order chi connectivity index (χ1) is 14.7. The molecule has 168 valence electrons. The monoisotopic (exact) mass is 502 g/mol. The molecule has 0 aliphatic carbocycles. The highest BCUT2D eigenvalue weighted by atomic mass is 35.5. The lowest BCUT2D eigenvalue weighted by Crippen LogP contribution is -2.43. The molecule has 1 aliphatic heterocycles. The molecular formula is C22H25Cl3N2O3S. The molecule has 31 heavy (non-hydrogen) atoms. The fraction of sp³-hybridized carbons (Fsp3) is 0.409. The van der Waals surface area contributed by atoms with Gasteiger partial charge in [-0.25, -0.2) is 12.7 Å². The van der Waals surface area contributed by atoms with Crippen molar-refractivity contribution >= 4 is 50.7 Å². The molecule has 0 aromatic heterocycles. The Labute approximate surface area is 198 Å². The van der Waals surface area contributed by atoms with Gasteiger partial charge in [0, 0.05) is 40.6 Å². The van der Waals surface area contributed by atoms with E-state index in [4.69, 9.17) is 34.8 Å². The van der Waals surface area contributed by atoms with Crippen LogP contribution in [0.25, 0.3) is 0 Å². The van der Waals surface area contributed by atoms with Crippen molar-refractivity contribution in [2.45, 2.75) is 31.4 Å². The number of sulfonamides is 1. The molecule has 0 unspecified atom stereocenters. The van der Waals surface area contributed by atoms with Crippen LogP contribution in [0.4, 0.5) is 0 Å². The van der Waals surface area contributed by atoms with Crippen LogP contribution in [0, 0.1) is 5.92 Å². The van der Waals surface area contributed by atoms with E-state index in [0.717, 1.165) is 12.8 Å². The van der Waals surface area contributed by atoms with E-state index < -0.39 is 10.0 Å². The topological polar surface area (TPSA) is 66.5 Å². The minimum atomic E-state index is -3.51. The molecule has 1 aliphatic rings. The molecule has 1 N–H and O–H groups in total.